The molecule has 1 heterocycles. The minimum atomic E-state index is -0.190. The average Bonchev–Trinajstić information content (AvgIpc) is 2.47. The first kappa shape index (κ1) is 12.6. The molecule has 0 aliphatic rings. The second-order valence-corrected chi connectivity index (χ2v) is 4.87. The fourth-order valence-corrected chi connectivity index (χ4v) is 2.51. The van der Waals surface area contributed by atoms with E-state index >= 15 is 0 Å². The largest absolute Gasteiger partial charge is 0.348 e. The number of hydrogen-bond acceptors (Lipinski definition) is 2. The summed E-state index contributed by atoms with van der Waals surface area (Å²) in [6.45, 7) is 4.63. The highest BCUT2D eigenvalue weighted by Crippen LogP contribution is 2.25. The number of nitrogens with zero attached hydrogens (tertiary/aromatic N) is 2. The third kappa shape index (κ3) is 2.01. The van der Waals surface area contributed by atoms with Crippen LogP contribution in [0.15, 0.2) is 53.3 Å². The van der Waals surface area contributed by atoms with E-state index < -0.39 is 0 Å². The van der Waals surface area contributed by atoms with Crippen LogP contribution in [0, 0.1) is 6.92 Å². The molecule has 0 atom stereocenters. The fraction of sp³-hybridized carbons (Fsp3) is 0.176. The third-order valence-corrected chi connectivity index (χ3v) is 3.50. The molecule has 0 N–H and O–H groups in total. The van der Waals surface area contributed by atoms with E-state index in [2.05, 4.69) is 11.1 Å². The molecule has 0 aliphatic heterocycles. The van der Waals surface area contributed by atoms with Crippen molar-refractivity contribution < 1.29 is 0 Å². The van der Waals surface area contributed by atoms with Crippen LogP contribution in [0.4, 0.5) is 0 Å². The van der Waals surface area contributed by atoms with Gasteiger partial charge in [-0.3, -0.25) is 4.57 Å². The molecule has 0 radical (unpaired) electrons. The average molecular weight is 264 g/mol. The Morgan fingerprint density at radius 1 is 1.10 bits per heavy atom. The Labute approximate surface area is 117 Å². The van der Waals surface area contributed by atoms with Crippen molar-refractivity contribution in [3.05, 3.63) is 64.6 Å². The highest BCUT2D eigenvalue weighted by molar-refractivity contribution is 5.92. The lowest BCUT2D eigenvalue weighted by molar-refractivity contribution is 0.732. The second-order valence-electron chi connectivity index (χ2n) is 4.87. The van der Waals surface area contributed by atoms with E-state index in [0.717, 1.165) is 27.7 Å². The van der Waals surface area contributed by atoms with E-state index in [1.54, 1.807) is 4.57 Å². The predicted molar refractivity (Wildman–Crippen MR) is 81.9 cm³/mol. The number of rotatable bonds is 2. The van der Waals surface area contributed by atoms with Crippen LogP contribution in [0.5, 0.6) is 0 Å². The minimum absolute atomic E-state index is 0.190. The lowest BCUT2D eigenvalue weighted by atomic mass is 10.0. The van der Waals surface area contributed by atoms with Crippen molar-refractivity contribution in [2.24, 2.45) is 0 Å². The van der Waals surface area contributed by atoms with Crippen LogP contribution in [-0.4, -0.2) is 9.55 Å². The van der Waals surface area contributed by atoms with Gasteiger partial charge in [-0.2, -0.15) is 4.98 Å². The standard InChI is InChI=1S/C17H16N2O/c1-3-19-15-11-12(2)9-10-14(15)16(18-17(19)20)13-7-5-4-6-8-13/h4-11H,3H2,1-2H3. The summed E-state index contributed by atoms with van der Waals surface area (Å²) in [5.41, 5.74) is 3.64. The van der Waals surface area contributed by atoms with E-state index in [1.807, 2.05) is 56.3 Å². The zero-order valence-electron chi connectivity index (χ0n) is 11.6. The molecular formula is C17H16N2O. The van der Waals surface area contributed by atoms with Gasteiger partial charge in [0.15, 0.2) is 0 Å². The highest BCUT2D eigenvalue weighted by atomic mass is 16.1. The maximum atomic E-state index is 12.2. The summed E-state index contributed by atoms with van der Waals surface area (Å²) < 4.78 is 1.72. The van der Waals surface area contributed by atoms with E-state index in [-0.39, 0.29) is 5.69 Å². The van der Waals surface area contributed by atoms with E-state index in [4.69, 9.17) is 0 Å². The van der Waals surface area contributed by atoms with Gasteiger partial charge in [0.1, 0.15) is 0 Å². The minimum Gasteiger partial charge on any atom is -0.292 e. The normalized spacial score (nSPS) is 10.9. The van der Waals surface area contributed by atoms with Crippen molar-refractivity contribution in [2.75, 3.05) is 0 Å². The Morgan fingerprint density at radius 2 is 1.85 bits per heavy atom. The maximum Gasteiger partial charge on any atom is 0.348 e. The molecule has 0 unspecified atom stereocenters. The zero-order chi connectivity index (χ0) is 14.1. The van der Waals surface area contributed by atoms with E-state index in [9.17, 15) is 4.79 Å². The van der Waals surface area contributed by atoms with Crippen LogP contribution in [-0.2, 0) is 6.54 Å². The van der Waals surface area contributed by atoms with Crippen molar-refractivity contribution in [1.29, 1.82) is 0 Å². The number of benzene rings is 2. The van der Waals surface area contributed by atoms with Gasteiger partial charge in [0.05, 0.1) is 11.2 Å². The quantitative estimate of drug-likeness (QED) is 0.711. The van der Waals surface area contributed by atoms with Gasteiger partial charge in [-0.15, -0.1) is 0 Å². The first-order chi connectivity index (χ1) is 9.70. The molecule has 3 nitrogen and oxygen atoms in total. The summed E-state index contributed by atoms with van der Waals surface area (Å²) in [5, 5.41) is 1.02. The topological polar surface area (TPSA) is 34.9 Å². The summed E-state index contributed by atoms with van der Waals surface area (Å²) in [7, 11) is 0. The lowest BCUT2D eigenvalue weighted by Crippen LogP contribution is -2.23. The molecule has 0 fully saturated rings. The van der Waals surface area contributed by atoms with Gasteiger partial charge in [-0.1, -0.05) is 42.5 Å². The molecule has 100 valence electrons. The van der Waals surface area contributed by atoms with Crippen molar-refractivity contribution in [3.63, 3.8) is 0 Å². The summed E-state index contributed by atoms with van der Waals surface area (Å²) in [6, 6.07) is 16.0. The molecule has 0 bridgehead atoms. The van der Waals surface area contributed by atoms with Gasteiger partial charge >= 0.3 is 5.69 Å². The van der Waals surface area contributed by atoms with E-state index in [0.29, 0.717) is 6.54 Å². The van der Waals surface area contributed by atoms with Crippen LogP contribution in [0.2, 0.25) is 0 Å². The fourth-order valence-electron chi connectivity index (χ4n) is 2.51. The van der Waals surface area contributed by atoms with Crippen molar-refractivity contribution in [2.45, 2.75) is 20.4 Å². The summed E-state index contributed by atoms with van der Waals surface area (Å²) in [6.07, 6.45) is 0. The molecule has 0 spiro atoms. The molecule has 0 aliphatic carbocycles. The number of aryl methyl sites for hydroxylation is 2. The smallest absolute Gasteiger partial charge is 0.292 e. The van der Waals surface area contributed by atoms with Crippen molar-refractivity contribution in [3.8, 4) is 11.3 Å². The van der Waals surface area contributed by atoms with Crippen LogP contribution in [0.3, 0.4) is 0 Å². The maximum absolute atomic E-state index is 12.2. The first-order valence-electron chi connectivity index (χ1n) is 6.77. The zero-order valence-corrected chi connectivity index (χ0v) is 11.6. The molecule has 3 aromatic rings. The summed E-state index contributed by atoms with van der Waals surface area (Å²) >= 11 is 0. The number of hydrogen-bond donors (Lipinski definition) is 0. The van der Waals surface area contributed by atoms with Crippen LogP contribution >= 0.6 is 0 Å². The van der Waals surface area contributed by atoms with Crippen molar-refractivity contribution >= 4 is 10.9 Å². The molecular weight excluding hydrogens is 248 g/mol. The molecule has 3 rings (SSSR count). The Bertz CT molecular complexity index is 820. The lowest BCUT2D eigenvalue weighted by Gasteiger charge is -2.11. The van der Waals surface area contributed by atoms with E-state index in [1.165, 1.54) is 0 Å². The number of fused-ring (bicyclic) bond motifs is 1. The molecule has 0 amide bonds. The van der Waals surface area contributed by atoms with Gasteiger partial charge in [0, 0.05) is 17.5 Å². The Hall–Kier alpha value is -2.42. The van der Waals surface area contributed by atoms with Gasteiger partial charge < -0.3 is 0 Å². The van der Waals surface area contributed by atoms with Gasteiger partial charge in [-0.05, 0) is 25.5 Å². The van der Waals surface area contributed by atoms with Crippen LogP contribution in [0.1, 0.15) is 12.5 Å². The summed E-state index contributed by atoms with van der Waals surface area (Å²) in [5.74, 6) is 0. The van der Waals surface area contributed by atoms with Crippen molar-refractivity contribution in [1.82, 2.24) is 9.55 Å². The van der Waals surface area contributed by atoms with Crippen LogP contribution in [0.25, 0.3) is 22.2 Å². The second kappa shape index (κ2) is 4.93. The van der Waals surface area contributed by atoms with Gasteiger partial charge in [-0.25, -0.2) is 4.79 Å². The van der Waals surface area contributed by atoms with Crippen LogP contribution < -0.4 is 5.69 Å². The van der Waals surface area contributed by atoms with Gasteiger partial charge in [0.2, 0.25) is 0 Å². The molecule has 0 saturated heterocycles. The Morgan fingerprint density at radius 3 is 2.55 bits per heavy atom. The Balaban J connectivity index is 2.43. The van der Waals surface area contributed by atoms with Gasteiger partial charge in [0.25, 0.3) is 0 Å². The number of aromatic nitrogens is 2. The monoisotopic (exact) mass is 264 g/mol. The molecule has 1 aromatic heterocycles. The highest BCUT2D eigenvalue weighted by Gasteiger charge is 2.11. The summed E-state index contributed by atoms with van der Waals surface area (Å²) in [4.78, 5) is 16.5. The molecule has 2 aromatic carbocycles. The molecule has 20 heavy (non-hydrogen) atoms. The molecule has 3 heteroatoms. The molecule has 0 saturated carbocycles. The third-order valence-electron chi connectivity index (χ3n) is 3.50. The predicted octanol–water partition coefficient (Wildman–Crippen LogP) is 3.39. The SMILES string of the molecule is CCn1c(=O)nc(-c2ccccc2)c2ccc(C)cc21. The Kier molecular flexibility index (Phi) is 3.11. The first-order valence-corrected chi connectivity index (χ1v) is 6.77.